The van der Waals surface area contributed by atoms with Gasteiger partial charge in [-0.05, 0) is 12.8 Å². The largest absolute Gasteiger partial charge is 0.408 e. The van der Waals surface area contributed by atoms with E-state index in [1.807, 2.05) is 0 Å². The lowest BCUT2D eigenvalue weighted by atomic mass is 10.2. The SMILES string of the molecule is O=S(=O)(O)OSCCCCCCO. The number of hydrogen-bond donors (Lipinski definition) is 2. The number of aliphatic hydroxyl groups excluding tert-OH is 1. The molecule has 0 saturated heterocycles. The molecule has 80 valence electrons. The fourth-order valence-corrected chi connectivity index (χ4v) is 1.80. The predicted octanol–water partition coefficient (Wildman–Crippen LogP) is 1.01. The summed E-state index contributed by atoms with van der Waals surface area (Å²) in [7, 11) is -4.30. The van der Waals surface area contributed by atoms with Crippen LogP contribution in [-0.2, 0) is 14.0 Å². The Morgan fingerprint density at radius 3 is 2.31 bits per heavy atom. The van der Waals surface area contributed by atoms with Crippen molar-refractivity contribution in [3.8, 4) is 0 Å². The van der Waals surface area contributed by atoms with Crippen molar-refractivity contribution in [2.24, 2.45) is 0 Å². The van der Waals surface area contributed by atoms with Crippen molar-refractivity contribution in [3.05, 3.63) is 0 Å². The van der Waals surface area contributed by atoms with Crippen molar-refractivity contribution in [1.82, 2.24) is 0 Å². The molecule has 0 aliphatic rings. The highest BCUT2D eigenvalue weighted by Gasteiger charge is 2.03. The maximum atomic E-state index is 10.0. The van der Waals surface area contributed by atoms with Gasteiger partial charge in [0.1, 0.15) is 0 Å². The molecule has 13 heavy (non-hydrogen) atoms. The first-order valence-corrected chi connectivity index (χ1v) is 6.23. The summed E-state index contributed by atoms with van der Waals surface area (Å²) in [6.07, 6.45) is 3.41. The zero-order valence-corrected chi connectivity index (χ0v) is 8.81. The van der Waals surface area contributed by atoms with Gasteiger partial charge in [0.25, 0.3) is 0 Å². The predicted molar refractivity (Wildman–Crippen MR) is 50.6 cm³/mol. The molecule has 0 saturated carbocycles. The molecule has 0 radical (unpaired) electrons. The molecule has 2 N–H and O–H groups in total. The molecule has 0 aromatic carbocycles. The van der Waals surface area contributed by atoms with Crippen LogP contribution in [0.15, 0.2) is 0 Å². The van der Waals surface area contributed by atoms with E-state index < -0.39 is 10.4 Å². The molecule has 0 aliphatic carbocycles. The number of unbranched alkanes of at least 4 members (excludes halogenated alkanes) is 3. The zero-order valence-electron chi connectivity index (χ0n) is 7.18. The molecule has 0 aromatic rings. The highest BCUT2D eigenvalue weighted by atomic mass is 32.3. The lowest BCUT2D eigenvalue weighted by molar-refractivity contribution is 0.283. The minimum absolute atomic E-state index is 0.189. The number of hydrogen-bond acceptors (Lipinski definition) is 5. The Kier molecular flexibility index (Phi) is 7.68. The van der Waals surface area contributed by atoms with Crippen LogP contribution in [0, 0.1) is 0 Å². The smallest absolute Gasteiger partial charge is 0.396 e. The van der Waals surface area contributed by atoms with Crippen LogP contribution < -0.4 is 0 Å². The van der Waals surface area contributed by atoms with Crippen LogP contribution in [0.25, 0.3) is 0 Å². The first-order chi connectivity index (χ1) is 6.06. The summed E-state index contributed by atoms with van der Waals surface area (Å²) in [5.74, 6) is 0.519. The van der Waals surface area contributed by atoms with Crippen molar-refractivity contribution in [2.45, 2.75) is 25.7 Å². The lowest BCUT2D eigenvalue weighted by Gasteiger charge is -1.98. The van der Waals surface area contributed by atoms with Gasteiger partial charge in [0.15, 0.2) is 0 Å². The summed E-state index contributed by atoms with van der Waals surface area (Å²) in [5.41, 5.74) is 0. The maximum Gasteiger partial charge on any atom is 0.408 e. The summed E-state index contributed by atoms with van der Waals surface area (Å²) in [6, 6.07) is 0. The highest BCUT2D eigenvalue weighted by Crippen LogP contribution is 2.10. The Morgan fingerprint density at radius 1 is 1.15 bits per heavy atom. The summed E-state index contributed by atoms with van der Waals surface area (Å²) in [6.45, 7) is 0.189. The standard InChI is InChI=1S/C6H14O5S2/c7-5-3-1-2-4-6-12-11-13(8,9)10/h7H,1-6H2,(H,8,9,10). The summed E-state index contributed by atoms with van der Waals surface area (Å²) >= 11 is 0.718. The number of rotatable bonds is 8. The van der Waals surface area contributed by atoms with Crippen molar-refractivity contribution < 1.29 is 21.7 Å². The van der Waals surface area contributed by atoms with Gasteiger partial charge in [0.2, 0.25) is 0 Å². The van der Waals surface area contributed by atoms with Crippen LogP contribution >= 0.6 is 12.0 Å². The van der Waals surface area contributed by atoms with E-state index in [4.69, 9.17) is 9.66 Å². The van der Waals surface area contributed by atoms with Gasteiger partial charge in [0, 0.05) is 24.4 Å². The van der Waals surface area contributed by atoms with Crippen LogP contribution in [-0.4, -0.2) is 30.4 Å². The van der Waals surface area contributed by atoms with Gasteiger partial charge >= 0.3 is 10.4 Å². The Bertz CT molecular complexity index is 201. The molecule has 0 rings (SSSR count). The van der Waals surface area contributed by atoms with Gasteiger partial charge in [-0.15, -0.1) is 0 Å². The molecular formula is C6H14O5S2. The molecule has 0 unspecified atom stereocenters. The van der Waals surface area contributed by atoms with Crippen LogP contribution in [0.5, 0.6) is 0 Å². The second kappa shape index (κ2) is 7.57. The van der Waals surface area contributed by atoms with E-state index in [9.17, 15) is 8.42 Å². The van der Waals surface area contributed by atoms with Gasteiger partial charge in [-0.2, -0.15) is 12.0 Å². The third-order valence-electron chi connectivity index (χ3n) is 1.27. The second-order valence-corrected chi connectivity index (χ2v) is 4.50. The molecule has 0 bridgehead atoms. The van der Waals surface area contributed by atoms with Gasteiger partial charge < -0.3 is 5.11 Å². The van der Waals surface area contributed by atoms with E-state index in [1.54, 1.807) is 0 Å². The summed E-state index contributed by atoms with van der Waals surface area (Å²) in [5, 5.41) is 8.43. The molecule has 0 spiro atoms. The first-order valence-electron chi connectivity index (χ1n) is 3.95. The summed E-state index contributed by atoms with van der Waals surface area (Å²) in [4.78, 5) is 0. The van der Waals surface area contributed by atoms with Gasteiger partial charge in [0.05, 0.1) is 0 Å². The molecule has 0 aromatic heterocycles. The average Bonchev–Trinajstić information content (AvgIpc) is 2.01. The van der Waals surface area contributed by atoms with Crippen LogP contribution in [0.1, 0.15) is 25.7 Å². The van der Waals surface area contributed by atoms with Gasteiger partial charge in [-0.3, -0.25) is 4.55 Å². The topological polar surface area (TPSA) is 83.8 Å². The quantitative estimate of drug-likeness (QED) is 0.368. The Morgan fingerprint density at radius 2 is 1.77 bits per heavy atom. The third-order valence-corrected chi connectivity index (χ3v) is 2.80. The van der Waals surface area contributed by atoms with E-state index in [0.717, 1.165) is 37.7 Å². The highest BCUT2D eigenvalue weighted by molar-refractivity contribution is 8.02. The van der Waals surface area contributed by atoms with E-state index in [1.165, 1.54) is 0 Å². The van der Waals surface area contributed by atoms with E-state index in [2.05, 4.69) is 3.63 Å². The van der Waals surface area contributed by atoms with Crippen molar-refractivity contribution >= 4 is 22.4 Å². The van der Waals surface area contributed by atoms with Gasteiger partial charge in [-0.25, -0.2) is 0 Å². The Balaban J connectivity index is 3.09. The normalized spacial score (nSPS) is 11.8. The van der Waals surface area contributed by atoms with Gasteiger partial charge in [-0.1, -0.05) is 12.8 Å². The number of aliphatic hydroxyl groups is 1. The molecule has 0 fully saturated rings. The van der Waals surface area contributed by atoms with E-state index in [0.29, 0.717) is 5.75 Å². The lowest BCUT2D eigenvalue weighted by Crippen LogP contribution is -1.97. The fraction of sp³-hybridized carbons (Fsp3) is 1.00. The van der Waals surface area contributed by atoms with E-state index in [-0.39, 0.29) is 6.61 Å². The Hall–Kier alpha value is 0.180. The minimum Gasteiger partial charge on any atom is -0.396 e. The Labute approximate surface area is 82.6 Å². The fourth-order valence-electron chi connectivity index (χ4n) is 0.721. The summed E-state index contributed by atoms with van der Waals surface area (Å²) < 4.78 is 32.3. The van der Waals surface area contributed by atoms with Crippen molar-refractivity contribution in [3.63, 3.8) is 0 Å². The molecule has 0 aliphatic heterocycles. The zero-order chi connectivity index (χ0) is 10.2. The minimum atomic E-state index is -4.30. The molecule has 7 heteroatoms. The third kappa shape index (κ3) is 12.2. The molecular weight excluding hydrogens is 216 g/mol. The van der Waals surface area contributed by atoms with Crippen LogP contribution in [0.3, 0.4) is 0 Å². The molecule has 0 atom stereocenters. The second-order valence-electron chi connectivity index (χ2n) is 2.46. The molecule has 0 amide bonds. The van der Waals surface area contributed by atoms with E-state index >= 15 is 0 Å². The first kappa shape index (κ1) is 13.2. The average molecular weight is 230 g/mol. The monoisotopic (exact) mass is 230 g/mol. The van der Waals surface area contributed by atoms with Crippen molar-refractivity contribution in [1.29, 1.82) is 0 Å². The molecule has 5 nitrogen and oxygen atoms in total. The van der Waals surface area contributed by atoms with Crippen LogP contribution in [0.4, 0.5) is 0 Å². The van der Waals surface area contributed by atoms with Crippen LogP contribution in [0.2, 0.25) is 0 Å². The van der Waals surface area contributed by atoms with Crippen molar-refractivity contribution in [2.75, 3.05) is 12.4 Å². The molecule has 0 heterocycles. The maximum absolute atomic E-state index is 10.0.